The molecule has 0 aliphatic heterocycles. The Balaban J connectivity index is 1.57. The van der Waals surface area contributed by atoms with Crippen molar-refractivity contribution >= 4 is 23.2 Å². The Hall–Kier alpha value is -2.88. The predicted octanol–water partition coefficient (Wildman–Crippen LogP) is 2.52. The van der Waals surface area contributed by atoms with Gasteiger partial charge in [-0.05, 0) is 37.8 Å². The maximum absolute atomic E-state index is 13.9. The van der Waals surface area contributed by atoms with Crippen molar-refractivity contribution < 1.29 is 13.6 Å². The molecule has 2 heterocycles. The highest BCUT2D eigenvalue weighted by atomic mass is 19.3. The summed E-state index contributed by atoms with van der Waals surface area (Å²) in [6.45, 7) is 0. The number of pyridine rings is 1. The van der Waals surface area contributed by atoms with E-state index in [0.29, 0.717) is 24.4 Å². The minimum absolute atomic E-state index is 0.0430. The van der Waals surface area contributed by atoms with Crippen LogP contribution in [0.3, 0.4) is 0 Å². The monoisotopic (exact) mass is 403 g/mol. The molecule has 2 saturated carbocycles. The molecule has 10 heteroatoms. The first-order valence-electron chi connectivity index (χ1n) is 9.63. The van der Waals surface area contributed by atoms with Crippen LogP contribution in [-0.4, -0.2) is 38.9 Å². The Morgan fingerprint density at radius 3 is 2.76 bits per heavy atom. The maximum Gasteiger partial charge on any atom is 0.271 e. The van der Waals surface area contributed by atoms with Crippen LogP contribution in [0.15, 0.2) is 24.5 Å². The molecule has 0 saturated heterocycles. The lowest BCUT2D eigenvalue weighted by molar-refractivity contribution is -0.0554. The van der Waals surface area contributed by atoms with E-state index in [-0.39, 0.29) is 23.8 Å². The first-order chi connectivity index (χ1) is 13.8. The Morgan fingerprint density at radius 1 is 1.24 bits per heavy atom. The molecule has 1 amide bonds. The third kappa shape index (κ3) is 4.26. The zero-order valence-electron chi connectivity index (χ0n) is 15.7. The highest BCUT2D eigenvalue weighted by Crippen LogP contribution is 2.39. The van der Waals surface area contributed by atoms with Gasteiger partial charge in [-0.2, -0.15) is 0 Å². The molecule has 0 bridgehead atoms. The number of amides is 1. The van der Waals surface area contributed by atoms with E-state index in [1.54, 1.807) is 12.3 Å². The number of rotatable bonds is 6. The zero-order chi connectivity index (χ0) is 20.6. The van der Waals surface area contributed by atoms with Crippen LogP contribution in [0.2, 0.25) is 0 Å². The van der Waals surface area contributed by atoms with Crippen molar-refractivity contribution in [1.29, 1.82) is 0 Å². The number of primary amides is 1. The Bertz CT molecular complexity index is 919. The van der Waals surface area contributed by atoms with Gasteiger partial charge in [-0.3, -0.25) is 9.78 Å². The number of nitrogens with zero attached hydrogens (tertiary/aromatic N) is 3. The van der Waals surface area contributed by atoms with Gasteiger partial charge in [0.2, 0.25) is 0 Å². The molecule has 0 aromatic carbocycles. The number of alkyl halides is 2. The molecule has 2 fully saturated rings. The molecule has 2 aromatic heterocycles. The minimum atomic E-state index is -2.94. The van der Waals surface area contributed by atoms with E-state index in [1.165, 1.54) is 6.20 Å². The summed E-state index contributed by atoms with van der Waals surface area (Å²) in [5.41, 5.74) is 12.8. The van der Waals surface area contributed by atoms with Gasteiger partial charge in [0.05, 0.1) is 12.2 Å². The minimum Gasteiger partial charge on any atom is -0.364 e. The van der Waals surface area contributed by atoms with Crippen molar-refractivity contribution in [2.75, 3.05) is 10.6 Å². The van der Waals surface area contributed by atoms with Gasteiger partial charge in [0.25, 0.3) is 11.8 Å². The third-order valence-electron chi connectivity index (χ3n) is 5.33. The average molecular weight is 403 g/mol. The number of hydrogen-bond donors (Lipinski definition) is 4. The van der Waals surface area contributed by atoms with Crippen molar-refractivity contribution in [2.24, 2.45) is 11.5 Å². The molecule has 2 atom stereocenters. The second-order valence-corrected chi connectivity index (χ2v) is 7.62. The number of carbonyl (C=O) groups excluding carboxylic acids is 1. The molecule has 0 spiro atoms. The van der Waals surface area contributed by atoms with Crippen molar-refractivity contribution in [3.8, 4) is 0 Å². The number of nitrogens with two attached hydrogens (primary N) is 2. The van der Waals surface area contributed by atoms with E-state index in [1.807, 2.05) is 6.07 Å². The smallest absolute Gasteiger partial charge is 0.271 e. The molecule has 8 nitrogen and oxygen atoms in total. The first-order valence-corrected chi connectivity index (χ1v) is 9.63. The van der Waals surface area contributed by atoms with Crippen LogP contribution in [0.4, 0.5) is 26.1 Å². The number of carbonyl (C=O) groups is 1. The Morgan fingerprint density at radius 2 is 2.03 bits per heavy atom. The summed E-state index contributed by atoms with van der Waals surface area (Å²) in [4.78, 5) is 24.5. The molecular weight excluding hydrogens is 380 g/mol. The number of hydrogen-bond acceptors (Lipinski definition) is 7. The van der Waals surface area contributed by atoms with E-state index in [0.717, 1.165) is 18.5 Å². The first kappa shape index (κ1) is 19.4. The highest BCUT2D eigenvalue weighted by molar-refractivity contribution is 5.96. The fraction of sp³-hybridized carbons (Fsp3) is 0.474. The van der Waals surface area contributed by atoms with Crippen LogP contribution >= 0.6 is 0 Å². The second-order valence-electron chi connectivity index (χ2n) is 7.62. The lowest BCUT2D eigenvalue weighted by Crippen LogP contribution is -2.55. The van der Waals surface area contributed by atoms with Crippen LogP contribution in [0.5, 0.6) is 0 Å². The Kier molecular flexibility index (Phi) is 5.03. The van der Waals surface area contributed by atoms with Crippen molar-refractivity contribution in [1.82, 2.24) is 15.0 Å². The molecule has 4 rings (SSSR count). The third-order valence-corrected chi connectivity index (χ3v) is 5.33. The van der Waals surface area contributed by atoms with Crippen molar-refractivity contribution in [2.45, 2.75) is 56.0 Å². The molecular formula is C19H23F2N7O. The van der Waals surface area contributed by atoms with E-state index in [9.17, 15) is 13.6 Å². The van der Waals surface area contributed by atoms with Gasteiger partial charge in [-0.25, -0.2) is 18.7 Å². The predicted molar refractivity (Wildman–Crippen MR) is 104 cm³/mol. The summed E-state index contributed by atoms with van der Waals surface area (Å²) in [5, 5.41) is 5.98. The maximum atomic E-state index is 13.9. The van der Waals surface area contributed by atoms with E-state index >= 15 is 0 Å². The topological polar surface area (TPSA) is 132 Å². The number of nitrogens with one attached hydrogen (secondary N) is 2. The van der Waals surface area contributed by atoms with E-state index in [2.05, 4.69) is 25.6 Å². The fourth-order valence-corrected chi connectivity index (χ4v) is 3.54. The van der Waals surface area contributed by atoms with Crippen molar-refractivity contribution in [3.63, 3.8) is 0 Å². The molecule has 2 aliphatic rings. The number of halogens is 2. The van der Waals surface area contributed by atoms with Crippen molar-refractivity contribution in [3.05, 3.63) is 35.9 Å². The molecule has 2 aromatic rings. The molecule has 29 heavy (non-hydrogen) atoms. The van der Waals surface area contributed by atoms with E-state index in [4.69, 9.17) is 11.5 Å². The molecule has 2 aliphatic carbocycles. The zero-order valence-corrected chi connectivity index (χ0v) is 15.7. The fourth-order valence-electron chi connectivity index (χ4n) is 3.54. The average Bonchev–Trinajstić information content (AvgIpc) is 3.51. The van der Waals surface area contributed by atoms with Gasteiger partial charge < -0.3 is 22.1 Å². The number of anilines is 3. The summed E-state index contributed by atoms with van der Waals surface area (Å²) in [5.74, 6) is -2.84. The van der Waals surface area contributed by atoms with Gasteiger partial charge in [-0.15, -0.1) is 0 Å². The van der Waals surface area contributed by atoms with E-state index < -0.39 is 23.9 Å². The Labute approximate surface area is 166 Å². The van der Waals surface area contributed by atoms with Gasteiger partial charge in [0.15, 0.2) is 11.5 Å². The number of aromatic nitrogens is 3. The second kappa shape index (κ2) is 7.51. The van der Waals surface area contributed by atoms with Crippen LogP contribution < -0.4 is 22.1 Å². The molecule has 0 radical (unpaired) electrons. The van der Waals surface area contributed by atoms with Crippen LogP contribution in [-0.2, 0) is 0 Å². The molecule has 2 unspecified atom stereocenters. The van der Waals surface area contributed by atoms with Gasteiger partial charge in [0.1, 0.15) is 5.82 Å². The SMILES string of the molecule is NC(=O)c1ncc(NC2CCCC(F)(F)C2N)nc1Nc1ccnc(C2CC2)c1. The van der Waals surface area contributed by atoms with Crippen LogP contribution in [0.1, 0.15) is 54.2 Å². The van der Waals surface area contributed by atoms with Gasteiger partial charge >= 0.3 is 0 Å². The normalized spacial score (nSPS) is 23.4. The molecule has 6 N–H and O–H groups in total. The quantitative estimate of drug-likeness (QED) is 0.583. The summed E-state index contributed by atoms with van der Waals surface area (Å²) in [6, 6.07) is 1.66. The van der Waals surface area contributed by atoms with Gasteiger partial charge in [-0.1, -0.05) is 0 Å². The van der Waals surface area contributed by atoms with Crippen LogP contribution in [0, 0.1) is 0 Å². The summed E-state index contributed by atoms with van der Waals surface area (Å²) >= 11 is 0. The van der Waals surface area contributed by atoms with Gasteiger partial charge in [0, 0.05) is 36.0 Å². The summed E-state index contributed by atoms with van der Waals surface area (Å²) in [7, 11) is 0. The lowest BCUT2D eigenvalue weighted by atomic mass is 9.87. The summed E-state index contributed by atoms with van der Waals surface area (Å²) in [6.07, 6.45) is 5.82. The summed E-state index contributed by atoms with van der Waals surface area (Å²) < 4.78 is 27.8. The molecule has 154 valence electrons. The standard InChI is InChI=1S/C19H23F2N7O/c20-19(21)6-1-2-12(16(19)22)27-14-9-25-15(17(23)29)18(28-14)26-11-5-7-24-13(8-11)10-3-4-10/h5,7-10,12,16H,1-4,6,22H2,(H2,23,29)(H2,24,26,27,28). The highest BCUT2D eigenvalue weighted by Gasteiger charge is 2.44. The lowest BCUT2D eigenvalue weighted by Gasteiger charge is -2.36. The van der Waals surface area contributed by atoms with Crippen LogP contribution in [0.25, 0.3) is 0 Å². The largest absolute Gasteiger partial charge is 0.364 e.